The van der Waals surface area contributed by atoms with Crippen LogP contribution in [0.25, 0.3) is 0 Å². The summed E-state index contributed by atoms with van der Waals surface area (Å²) < 4.78 is 4.76. The summed E-state index contributed by atoms with van der Waals surface area (Å²) in [6, 6.07) is 0. The number of hydrogen-bond acceptors (Lipinski definition) is 4. The van der Waals surface area contributed by atoms with E-state index in [-0.39, 0.29) is 37.7 Å². The predicted molar refractivity (Wildman–Crippen MR) is 49.1 cm³/mol. The van der Waals surface area contributed by atoms with Crippen molar-refractivity contribution >= 4 is 11.8 Å². The second kappa shape index (κ2) is 7.49. The number of esters is 1. The number of hydrogen-bond donors (Lipinski definition) is 1. The molecule has 0 aliphatic heterocycles. The highest BCUT2D eigenvalue weighted by atomic mass is 16.5. The van der Waals surface area contributed by atoms with E-state index in [1.54, 1.807) is 12.2 Å². The molecule has 2 N–H and O–H groups in total. The zero-order valence-corrected chi connectivity index (χ0v) is 7.79. The molecule has 0 aromatic rings. The number of carbonyl (C=O) groups excluding carboxylic acids is 2. The highest BCUT2D eigenvalue weighted by Gasteiger charge is 2.05. The third-order valence-corrected chi connectivity index (χ3v) is 1.41. The summed E-state index contributed by atoms with van der Waals surface area (Å²) >= 11 is 0. The second-order valence-electron chi connectivity index (χ2n) is 2.49. The lowest BCUT2D eigenvalue weighted by molar-refractivity contribution is -0.143. The van der Waals surface area contributed by atoms with Gasteiger partial charge in [0, 0.05) is 6.42 Å². The summed E-state index contributed by atoms with van der Waals surface area (Å²) in [5, 5.41) is 0. The molecule has 0 bridgehead atoms. The maximum absolute atomic E-state index is 10.9. The first-order valence-electron chi connectivity index (χ1n) is 4.19. The van der Waals surface area contributed by atoms with Crippen molar-refractivity contribution in [3.05, 3.63) is 12.2 Å². The molecule has 0 atom stereocenters. The van der Waals surface area contributed by atoms with Crippen LogP contribution in [0.4, 0.5) is 0 Å². The van der Waals surface area contributed by atoms with Gasteiger partial charge in [0.15, 0.2) is 0 Å². The lowest BCUT2D eigenvalue weighted by Crippen LogP contribution is -2.15. The van der Waals surface area contributed by atoms with Gasteiger partial charge in [0.1, 0.15) is 12.4 Å². The van der Waals surface area contributed by atoms with Gasteiger partial charge in [0.05, 0.1) is 13.0 Å². The zero-order chi connectivity index (χ0) is 10.1. The van der Waals surface area contributed by atoms with Crippen LogP contribution in [0.1, 0.15) is 19.8 Å². The third-order valence-electron chi connectivity index (χ3n) is 1.41. The Balaban J connectivity index is 3.46. The molecule has 0 aromatic heterocycles. The Morgan fingerprint density at radius 2 is 2.08 bits per heavy atom. The normalized spacial score (nSPS) is 10.3. The molecular weight excluding hydrogens is 170 g/mol. The van der Waals surface area contributed by atoms with Gasteiger partial charge in [-0.15, -0.1) is 0 Å². The smallest absolute Gasteiger partial charge is 0.306 e. The lowest BCUT2D eigenvalue weighted by Gasteiger charge is -1.99. The van der Waals surface area contributed by atoms with E-state index in [9.17, 15) is 9.59 Å². The number of Topliss-reactive ketones (excluding diaryl/α,β-unsaturated/α-hetero) is 1. The number of ketones is 1. The molecule has 0 heterocycles. The van der Waals surface area contributed by atoms with Gasteiger partial charge in [-0.3, -0.25) is 9.59 Å². The molecule has 0 fully saturated rings. The molecule has 0 radical (unpaired) electrons. The van der Waals surface area contributed by atoms with Crippen LogP contribution < -0.4 is 5.73 Å². The standard InChI is InChI=1S/C9H15NO3/c1-2-3-6-13-9(12)5-4-8(11)7-10/h2-3H,4-7,10H2,1H3/b3-2+. The average molecular weight is 185 g/mol. The van der Waals surface area contributed by atoms with Crippen LogP contribution in [0.5, 0.6) is 0 Å². The van der Waals surface area contributed by atoms with Crippen LogP contribution in [-0.4, -0.2) is 24.9 Å². The number of allylic oxidation sites excluding steroid dienone is 1. The topological polar surface area (TPSA) is 69.4 Å². The summed E-state index contributed by atoms with van der Waals surface area (Å²) in [4.78, 5) is 21.6. The van der Waals surface area contributed by atoms with Crippen LogP contribution in [0.2, 0.25) is 0 Å². The van der Waals surface area contributed by atoms with E-state index in [1.807, 2.05) is 6.92 Å². The maximum atomic E-state index is 10.9. The van der Waals surface area contributed by atoms with Crippen molar-refractivity contribution in [1.29, 1.82) is 0 Å². The third kappa shape index (κ3) is 7.21. The number of rotatable bonds is 6. The van der Waals surface area contributed by atoms with E-state index >= 15 is 0 Å². The molecule has 0 amide bonds. The van der Waals surface area contributed by atoms with Gasteiger partial charge in [-0.1, -0.05) is 12.2 Å². The van der Waals surface area contributed by atoms with Gasteiger partial charge < -0.3 is 10.5 Å². The second-order valence-corrected chi connectivity index (χ2v) is 2.49. The molecule has 4 nitrogen and oxygen atoms in total. The molecule has 0 saturated heterocycles. The monoisotopic (exact) mass is 185 g/mol. The minimum atomic E-state index is -0.361. The zero-order valence-electron chi connectivity index (χ0n) is 7.79. The first-order chi connectivity index (χ1) is 6.20. The van der Waals surface area contributed by atoms with Crippen molar-refractivity contribution in [3.8, 4) is 0 Å². The predicted octanol–water partition coefficient (Wildman–Crippen LogP) is 0.414. The Kier molecular flexibility index (Phi) is 6.82. The highest BCUT2D eigenvalue weighted by molar-refractivity contribution is 5.84. The molecular formula is C9H15NO3. The molecule has 0 rings (SSSR count). The lowest BCUT2D eigenvalue weighted by atomic mass is 10.2. The Hall–Kier alpha value is -1.16. The highest BCUT2D eigenvalue weighted by Crippen LogP contribution is 1.93. The van der Waals surface area contributed by atoms with Gasteiger partial charge in [-0.05, 0) is 6.92 Å². The van der Waals surface area contributed by atoms with E-state index in [0.29, 0.717) is 0 Å². The van der Waals surface area contributed by atoms with Crippen molar-refractivity contribution < 1.29 is 14.3 Å². The van der Waals surface area contributed by atoms with Crippen LogP contribution >= 0.6 is 0 Å². The molecule has 4 heteroatoms. The van der Waals surface area contributed by atoms with Crippen LogP contribution in [0.15, 0.2) is 12.2 Å². The van der Waals surface area contributed by atoms with Crippen LogP contribution in [0.3, 0.4) is 0 Å². The fourth-order valence-electron chi connectivity index (χ4n) is 0.653. The maximum Gasteiger partial charge on any atom is 0.306 e. The average Bonchev–Trinajstić information content (AvgIpc) is 2.14. The van der Waals surface area contributed by atoms with Crippen molar-refractivity contribution in [1.82, 2.24) is 0 Å². The molecule has 0 aliphatic rings. The number of ether oxygens (including phenoxy) is 1. The summed E-state index contributed by atoms with van der Waals surface area (Å²) in [5.74, 6) is -0.483. The SMILES string of the molecule is C/C=C/COC(=O)CCC(=O)CN. The molecule has 0 saturated carbocycles. The van der Waals surface area contributed by atoms with E-state index in [0.717, 1.165) is 0 Å². The van der Waals surface area contributed by atoms with Crippen molar-refractivity contribution in [2.75, 3.05) is 13.2 Å². The minimum Gasteiger partial charge on any atom is -0.461 e. The Morgan fingerprint density at radius 1 is 1.38 bits per heavy atom. The van der Waals surface area contributed by atoms with Gasteiger partial charge >= 0.3 is 5.97 Å². The van der Waals surface area contributed by atoms with E-state index < -0.39 is 0 Å². The molecule has 0 aromatic carbocycles. The van der Waals surface area contributed by atoms with Gasteiger partial charge in [-0.25, -0.2) is 0 Å². The molecule has 13 heavy (non-hydrogen) atoms. The van der Waals surface area contributed by atoms with Crippen molar-refractivity contribution in [2.24, 2.45) is 5.73 Å². The quantitative estimate of drug-likeness (QED) is 0.480. The summed E-state index contributed by atoms with van der Waals surface area (Å²) in [6.07, 6.45) is 3.81. The van der Waals surface area contributed by atoms with E-state index in [2.05, 4.69) is 0 Å². The molecule has 74 valence electrons. The van der Waals surface area contributed by atoms with E-state index in [1.165, 1.54) is 0 Å². The molecule has 0 unspecified atom stereocenters. The Morgan fingerprint density at radius 3 is 2.62 bits per heavy atom. The van der Waals surface area contributed by atoms with E-state index in [4.69, 9.17) is 10.5 Å². The van der Waals surface area contributed by atoms with Gasteiger partial charge in [0.25, 0.3) is 0 Å². The Labute approximate surface area is 77.7 Å². The number of nitrogens with two attached hydrogens (primary N) is 1. The van der Waals surface area contributed by atoms with Crippen molar-refractivity contribution in [3.63, 3.8) is 0 Å². The van der Waals surface area contributed by atoms with Crippen LogP contribution in [0, 0.1) is 0 Å². The van der Waals surface area contributed by atoms with Gasteiger partial charge in [0.2, 0.25) is 0 Å². The fraction of sp³-hybridized carbons (Fsp3) is 0.556. The molecule has 0 spiro atoms. The Bertz CT molecular complexity index is 199. The minimum absolute atomic E-state index is 0.0118. The van der Waals surface area contributed by atoms with Crippen LogP contribution in [-0.2, 0) is 14.3 Å². The first kappa shape index (κ1) is 11.8. The van der Waals surface area contributed by atoms with Gasteiger partial charge in [-0.2, -0.15) is 0 Å². The fourth-order valence-corrected chi connectivity index (χ4v) is 0.653. The first-order valence-corrected chi connectivity index (χ1v) is 4.19. The summed E-state index contributed by atoms with van der Waals surface area (Å²) in [6.45, 7) is 2.10. The van der Waals surface area contributed by atoms with Crippen molar-refractivity contribution in [2.45, 2.75) is 19.8 Å². The number of carbonyl (C=O) groups is 2. The summed E-state index contributed by atoms with van der Waals surface area (Å²) in [5.41, 5.74) is 5.07. The largest absolute Gasteiger partial charge is 0.461 e. The molecule has 0 aliphatic carbocycles. The summed E-state index contributed by atoms with van der Waals surface area (Å²) in [7, 11) is 0.